The minimum absolute atomic E-state index is 0.0449. The number of aliphatic hydroxyl groups is 2. The average Bonchev–Trinajstić information content (AvgIpc) is 3.59. The summed E-state index contributed by atoms with van der Waals surface area (Å²) in [6.07, 6.45) is 0.624. The summed E-state index contributed by atoms with van der Waals surface area (Å²) < 4.78 is 11.9. The molecule has 1 aromatic heterocycles. The summed E-state index contributed by atoms with van der Waals surface area (Å²) in [5.74, 6) is -0.865. The minimum atomic E-state index is -2.36. The molecule has 4 rings (SSSR count). The highest BCUT2D eigenvalue weighted by molar-refractivity contribution is 5.89. The predicted molar refractivity (Wildman–Crippen MR) is 96.8 cm³/mol. The van der Waals surface area contributed by atoms with Gasteiger partial charge in [0.2, 0.25) is 5.60 Å². The lowest BCUT2D eigenvalue weighted by molar-refractivity contribution is -0.174. The zero-order chi connectivity index (χ0) is 20.8. The number of Topliss-reactive ketones (excluding diaryl/α,β-unsaturated/α-hetero) is 1. The molecule has 3 N–H and O–H groups in total. The number of hydrogen-bond donors (Lipinski definition) is 3. The van der Waals surface area contributed by atoms with Gasteiger partial charge in [-0.2, -0.15) is 0 Å². The molecule has 2 saturated carbocycles. The normalized spacial score (nSPS) is 31.6. The molecule has 0 amide bonds. The van der Waals surface area contributed by atoms with Crippen molar-refractivity contribution in [1.29, 1.82) is 0 Å². The number of aliphatic hydroxyl groups excluding tert-OH is 1. The van der Waals surface area contributed by atoms with E-state index >= 15 is 0 Å². The van der Waals surface area contributed by atoms with Gasteiger partial charge in [0, 0.05) is 25.1 Å². The molecule has 2 aliphatic carbocycles. The fourth-order valence-corrected chi connectivity index (χ4v) is 3.75. The van der Waals surface area contributed by atoms with Crippen molar-refractivity contribution >= 4 is 11.8 Å². The van der Waals surface area contributed by atoms with Gasteiger partial charge in [0.05, 0.1) is 6.61 Å². The first kappa shape index (κ1) is 20.0. The number of nitrogens with zero attached hydrogens (tertiary/aromatic N) is 1. The number of ketones is 1. The van der Waals surface area contributed by atoms with Crippen molar-refractivity contribution in [3.8, 4) is 0 Å². The number of aromatic amines is 1. The molecule has 0 unspecified atom stereocenters. The molecule has 0 bridgehead atoms. The number of ether oxygens (including phenoxy) is 2. The predicted octanol–water partition coefficient (Wildman–Crippen LogP) is -0.761. The van der Waals surface area contributed by atoms with Crippen LogP contribution in [0.15, 0.2) is 21.9 Å². The van der Waals surface area contributed by atoms with Crippen molar-refractivity contribution in [3.63, 3.8) is 0 Å². The first-order chi connectivity index (χ1) is 13.8. The molecular weight excluding hydrogens is 384 g/mol. The second-order valence-electron chi connectivity index (χ2n) is 8.18. The van der Waals surface area contributed by atoms with Crippen molar-refractivity contribution in [3.05, 3.63) is 33.1 Å². The quantitative estimate of drug-likeness (QED) is 0.475. The van der Waals surface area contributed by atoms with Gasteiger partial charge in [-0.05, 0) is 37.5 Å². The molecule has 3 aliphatic rings. The fourth-order valence-electron chi connectivity index (χ4n) is 3.75. The van der Waals surface area contributed by atoms with Gasteiger partial charge in [0.25, 0.3) is 5.56 Å². The van der Waals surface area contributed by atoms with Crippen LogP contribution in [0.4, 0.5) is 0 Å². The lowest BCUT2D eigenvalue weighted by atomic mass is 9.86. The molecule has 3 fully saturated rings. The van der Waals surface area contributed by atoms with Crippen molar-refractivity contribution in [1.82, 2.24) is 9.55 Å². The Hall–Kier alpha value is -2.30. The Morgan fingerprint density at radius 3 is 2.45 bits per heavy atom. The van der Waals surface area contributed by atoms with E-state index in [0.29, 0.717) is 0 Å². The topological polar surface area (TPSA) is 148 Å². The SMILES string of the molecule is O=C(CC1CC1)O[C@@H]1[C@@H](CO)O[C@@H](n2ccc(=O)[nH]c2=O)[C@@]1(O)C(=O)CC1CC1. The number of carbonyl (C=O) groups is 2. The van der Waals surface area contributed by atoms with Gasteiger partial charge in [-0.1, -0.05) is 0 Å². The third-order valence-electron chi connectivity index (χ3n) is 5.76. The number of nitrogens with one attached hydrogen (secondary N) is 1. The Kier molecular flexibility index (Phi) is 5.18. The Labute approximate surface area is 165 Å². The maximum Gasteiger partial charge on any atom is 0.330 e. The zero-order valence-corrected chi connectivity index (χ0v) is 15.8. The summed E-state index contributed by atoms with van der Waals surface area (Å²) >= 11 is 0. The maximum absolute atomic E-state index is 13.1. The third kappa shape index (κ3) is 3.92. The van der Waals surface area contributed by atoms with Crippen LogP contribution in [-0.4, -0.2) is 55.9 Å². The lowest BCUT2D eigenvalue weighted by Crippen LogP contribution is -2.56. The number of carbonyl (C=O) groups excluding carboxylic acids is 2. The zero-order valence-electron chi connectivity index (χ0n) is 15.8. The van der Waals surface area contributed by atoms with Crippen LogP contribution in [0.2, 0.25) is 0 Å². The second kappa shape index (κ2) is 7.51. The number of rotatable bonds is 8. The first-order valence-electron chi connectivity index (χ1n) is 9.86. The summed E-state index contributed by atoms with van der Waals surface area (Å²) in [5, 5.41) is 21.2. The van der Waals surface area contributed by atoms with E-state index in [2.05, 4.69) is 0 Å². The van der Waals surface area contributed by atoms with Crippen LogP contribution in [0.1, 0.15) is 44.8 Å². The molecule has 1 aliphatic heterocycles. The molecule has 0 radical (unpaired) electrons. The Bertz CT molecular complexity index is 915. The van der Waals surface area contributed by atoms with Crippen LogP contribution in [0, 0.1) is 11.8 Å². The van der Waals surface area contributed by atoms with Crippen LogP contribution in [0.5, 0.6) is 0 Å². The van der Waals surface area contributed by atoms with Crippen molar-refractivity contribution in [2.24, 2.45) is 11.8 Å². The number of hydrogen-bond acceptors (Lipinski definition) is 8. The highest BCUT2D eigenvalue weighted by Gasteiger charge is 2.63. The molecule has 0 spiro atoms. The molecule has 2 heterocycles. The number of aromatic nitrogens is 2. The van der Waals surface area contributed by atoms with Crippen molar-refractivity contribution in [2.75, 3.05) is 6.61 Å². The summed E-state index contributed by atoms with van der Waals surface area (Å²) in [5.41, 5.74) is -3.90. The highest BCUT2D eigenvalue weighted by atomic mass is 16.6. The number of H-pyrrole nitrogens is 1. The summed E-state index contributed by atoms with van der Waals surface area (Å²) in [6.45, 7) is -0.630. The smallest absolute Gasteiger partial charge is 0.330 e. The largest absolute Gasteiger partial charge is 0.456 e. The van der Waals surface area contributed by atoms with E-state index in [-0.39, 0.29) is 24.7 Å². The molecule has 0 aromatic carbocycles. The second-order valence-corrected chi connectivity index (χ2v) is 8.18. The van der Waals surface area contributed by atoms with E-state index in [9.17, 15) is 29.4 Å². The molecule has 29 heavy (non-hydrogen) atoms. The molecular formula is C19H24N2O8. The summed E-state index contributed by atoms with van der Waals surface area (Å²) in [7, 11) is 0. The minimum Gasteiger partial charge on any atom is -0.456 e. The molecule has 10 nitrogen and oxygen atoms in total. The van der Waals surface area contributed by atoms with E-state index in [1.165, 1.54) is 0 Å². The Balaban J connectivity index is 1.70. The van der Waals surface area contributed by atoms with Gasteiger partial charge < -0.3 is 19.7 Å². The third-order valence-corrected chi connectivity index (χ3v) is 5.76. The fraction of sp³-hybridized carbons (Fsp3) is 0.684. The van der Waals surface area contributed by atoms with Gasteiger partial charge in [0.1, 0.15) is 6.10 Å². The lowest BCUT2D eigenvalue weighted by Gasteiger charge is -2.32. The summed E-state index contributed by atoms with van der Waals surface area (Å²) in [4.78, 5) is 51.1. The van der Waals surface area contributed by atoms with Gasteiger partial charge in [-0.15, -0.1) is 0 Å². The van der Waals surface area contributed by atoms with E-state index in [4.69, 9.17) is 9.47 Å². The van der Waals surface area contributed by atoms with Crippen LogP contribution in [-0.2, 0) is 19.1 Å². The van der Waals surface area contributed by atoms with E-state index in [1.54, 1.807) is 0 Å². The monoisotopic (exact) mass is 408 g/mol. The van der Waals surface area contributed by atoms with E-state index in [0.717, 1.165) is 42.5 Å². The van der Waals surface area contributed by atoms with Crippen molar-refractivity contribution < 1.29 is 29.3 Å². The van der Waals surface area contributed by atoms with Crippen LogP contribution < -0.4 is 11.2 Å². The van der Waals surface area contributed by atoms with Crippen LogP contribution in [0.25, 0.3) is 0 Å². The standard InChI is InChI=1S/C19H24N2O8/c22-9-12-16(29-15(25)8-11-3-4-11)19(27,13(23)7-10-1-2-10)17(28-12)21-6-5-14(24)20-18(21)26/h5-6,10-12,16-17,22,27H,1-4,7-9H2,(H,20,24,26)/t12-,16-,17-,19-/m1/s1. The van der Waals surface area contributed by atoms with E-state index in [1.807, 2.05) is 4.98 Å². The van der Waals surface area contributed by atoms with Crippen LogP contribution in [0.3, 0.4) is 0 Å². The molecule has 10 heteroatoms. The molecule has 1 saturated heterocycles. The van der Waals surface area contributed by atoms with Gasteiger partial charge in [-0.25, -0.2) is 4.79 Å². The molecule has 4 atom stereocenters. The van der Waals surface area contributed by atoms with Gasteiger partial charge in [0.15, 0.2) is 18.1 Å². The maximum atomic E-state index is 13.1. The number of esters is 1. The Morgan fingerprint density at radius 2 is 1.86 bits per heavy atom. The van der Waals surface area contributed by atoms with Crippen molar-refractivity contribution in [2.45, 2.75) is 62.6 Å². The first-order valence-corrected chi connectivity index (χ1v) is 9.86. The molecule has 1 aromatic rings. The molecule has 158 valence electrons. The average molecular weight is 408 g/mol. The van der Waals surface area contributed by atoms with Crippen LogP contribution >= 0.6 is 0 Å². The van der Waals surface area contributed by atoms with Gasteiger partial charge in [-0.3, -0.25) is 23.9 Å². The Morgan fingerprint density at radius 1 is 1.21 bits per heavy atom. The van der Waals surface area contributed by atoms with Gasteiger partial charge >= 0.3 is 11.7 Å². The highest BCUT2D eigenvalue weighted by Crippen LogP contribution is 2.44. The van der Waals surface area contributed by atoms with E-state index < -0.39 is 53.6 Å². The summed E-state index contributed by atoms with van der Waals surface area (Å²) in [6, 6.07) is 1.05.